The fourth-order valence-corrected chi connectivity index (χ4v) is 4.43. The maximum absolute atomic E-state index is 13.9. The molecule has 9 heteroatoms. The number of fused-ring (bicyclic) bond motifs is 1. The van der Waals surface area contributed by atoms with E-state index in [1.54, 1.807) is 6.20 Å². The summed E-state index contributed by atoms with van der Waals surface area (Å²) >= 11 is 0. The average Bonchev–Trinajstić information content (AvgIpc) is 3.50. The highest BCUT2D eigenvalue weighted by Gasteiger charge is 2.18. The van der Waals surface area contributed by atoms with Crippen LogP contribution in [-0.4, -0.2) is 58.8 Å². The smallest absolute Gasteiger partial charge is 0.164 e. The number of imidazole rings is 1. The topological polar surface area (TPSA) is 77.5 Å². The summed E-state index contributed by atoms with van der Waals surface area (Å²) < 4.78 is 17.9. The van der Waals surface area contributed by atoms with Crippen LogP contribution in [0.4, 0.5) is 4.39 Å². The Balaban J connectivity index is 1.43. The van der Waals surface area contributed by atoms with Crippen LogP contribution in [-0.2, 0) is 13.1 Å². The molecule has 0 atom stereocenters. The van der Waals surface area contributed by atoms with Gasteiger partial charge in [-0.2, -0.15) is 5.10 Å². The second-order valence-electron chi connectivity index (χ2n) is 8.46. The van der Waals surface area contributed by atoms with Crippen molar-refractivity contribution in [2.45, 2.75) is 46.2 Å². The molecule has 32 heavy (non-hydrogen) atoms. The van der Waals surface area contributed by atoms with Crippen LogP contribution in [0.1, 0.15) is 36.3 Å². The minimum absolute atomic E-state index is 0.397. The predicted octanol–water partition coefficient (Wildman–Crippen LogP) is 3.37. The molecule has 4 aromatic heterocycles. The van der Waals surface area contributed by atoms with Gasteiger partial charge in [-0.1, -0.05) is 0 Å². The van der Waals surface area contributed by atoms with Crippen molar-refractivity contribution >= 4 is 11.2 Å². The number of aromatic nitrogens is 7. The first-order valence-corrected chi connectivity index (χ1v) is 11.1. The maximum atomic E-state index is 13.9. The Morgan fingerprint density at radius 1 is 1.00 bits per heavy atom. The third-order valence-electron chi connectivity index (χ3n) is 5.93. The molecule has 0 amide bonds. The number of halogens is 1. The number of nitrogens with zero attached hydrogens (tertiary/aromatic N) is 8. The average molecular weight is 435 g/mol. The lowest BCUT2D eigenvalue weighted by Gasteiger charge is -2.13. The Kier molecular flexibility index (Phi) is 5.65. The predicted molar refractivity (Wildman–Crippen MR) is 120 cm³/mol. The molecule has 1 aliphatic heterocycles. The molecule has 5 heterocycles. The molecule has 0 bridgehead atoms. The van der Waals surface area contributed by atoms with Gasteiger partial charge in [-0.3, -0.25) is 9.67 Å². The van der Waals surface area contributed by atoms with Crippen LogP contribution < -0.4 is 0 Å². The van der Waals surface area contributed by atoms with E-state index in [1.165, 1.54) is 38.2 Å². The van der Waals surface area contributed by atoms with Gasteiger partial charge in [0.25, 0.3) is 0 Å². The van der Waals surface area contributed by atoms with Gasteiger partial charge in [-0.15, -0.1) is 0 Å². The Hall–Kier alpha value is -3.20. The number of hydrogen-bond donors (Lipinski definition) is 0. The molecule has 0 spiro atoms. The Morgan fingerprint density at radius 3 is 2.66 bits per heavy atom. The third-order valence-corrected chi connectivity index (χ3v) is 5.93. The van der Waals surface area contributed by atoms with Crippen molar-refractivity contribution in [3.63, 3.8) is 0 Å². The monoisotopic (exact) mass is 434 g/mol. The minimum Gasteiger partial charge on any atom is -0.304 e. The van der Waals surface area contributed by atoms with E-state index >= 15 is 0 Å². The summed E-state index contributed by atoms with van der Waals surface area (Å²) in [5, 5.41) is 4.55. The van der Waals surface area contributed by atoms with Gasteiger partial charge in [0.2, 0.25) is 0 Å². The maximum Gasteiger partial charge on any atom is 0.164 e. The van der Waals surface area contributed by atoms with Crippen LogP contribution in [0.3, 0.4) is 0 Å². The molecule has 8 nitrogen and oxygen atoms in total. The van der Waals surface area contributed by atoms with E-state index in [9.17, 15) is 4.39 Å². The zero-order chi connectivity index (χ0) is 22.1. The highest BCUT2D eigenvalue weighted by molar-refractivity contribution is 5.79. The van der Waals surface area contributed by atoms with E-state index in [2.05, 4.69) is 31.1 Å². The van der Waals surface area contributed by atoms with Gasteiger partial charge in [0.1, 0.15) is 23.0 Å². The van der Waals surface area contributed by atoms with Crippen molar-refractivity contribution in [3.05, 3.63) is 53.8 Å². The van der Waals surface area contributed by atoms with Gasteiger partial charge in [-0.25, -0.2) is 19.3 Å². The molecule has 5 rings (SSSR count). The number of rotatable bonds is 7. The fraction of sp³-hybridized carbons (Fsp3) is 0.435. The fourth-order valence-electron chi connectivity index (χ4n) is 4.43. The first-order valence-electron chi connectivity index (χ1n) is 11.1. The van der Waals surface area contributed by atoms with Gasteiger partial charge in [0.15, 0.2) is 5.65 Å². The second-order valence-corrected chi connectivity index (χ2v) is 8.46. The number of hydrogen-bond acceptors (Lipinski definition) is 6. The summed E-state index contributed by atoms with van der Waals surface area (Å²) in [5.74, 6) is 0.903. The molecular formula is C23H27FN8. The Morgan fingerprint density at radius 2 is 1.84 bits per heavy atom. The van der Waals surface area contributed by atoms with Crippen LogP contribution in [0.15, 0.2) is 30.9 Å². The van der Waals surface area contributed by atoms with Crippen molar-refractivity contribution in [2.75, 3.05) is 19.6 Å². The lowest BCUT2D eigenvalue weighted by Crippen LogP contribution is -2.21. The Bertz CT molecular complexity index is 1240. The van der Waals surface area contributed by atoms with Crippen LogP contribution in [0.5, 0.6) is 0 Å². The zero-order valence-electron chi connectivity index (χ0n) is 18.5. The van der Waals surface area contributed by atoms with Gasteiger partial charge < -0.3 is 9.47 Å². The molecule has 0 saturated carbocycles. The highest BCUT2D eigenvalue weighted by atomic mass is 19.1. The summed E-state index contributed by atoms with van der Waals surface area (Å²) in [6.45, 7) is 8.76. The highest BCUT2D eigenvalue weighted by Crippen LogP contribution is 2.26. The van der Waals surface area contributed by atoms with Crippen LogP contribution in [0, 0.1) is 19.7 Å². The van der Waals surface area contributed by atoms with Crippen molar-refractivity contribution in [1.29, 1.82) is 0 Å². The molecule has 0 radical (unpaired) electrons. The number of aryl methyl sites for hydroxylation is 3. The normalized spacial score (nSPS) is 14.6. The largest absolute Gasteiger partial charge is 0.304 e. The molecule has 166 valence electrons. The van der Waals surface area contributed by atoms with E-state index in [0.717, 1.165) is 36.4 Å². The minimum atomic E-state index is -0.397. The molecular weight excluding hydrogens is 407 g/mol. The third kappa shape index (κ3) is 4.25. The van der Waals surface area contributed by atoms with Crippen molar-refractivity contribution in [1.82, 2.24) is 39.2 Å². The molecule has 0 N–H and O–H groups in total. The van der Waals surface area contributed by atoms with E-state index in [-0.39, 0.29) is 0 Å². The van der Waals surface area contributed by atoms with E-state index in [0.29, 0.717) is 29.3 Å². The summed E-state index contributed by atoms with van der Waals surface area (Å²) in [4.78, 5) is 20.4. The first-order chi connectivity index (χ1) is 15.6. The number of likely N-dealkylation sites (tertiary alicyclic amines) is 1. The molecule has 1 saturated heterocycles. The number of pyridine rings is 1. The second kappa shape index (κ2) is 8.74. The van der Waals surface area contributed by atoms with E-state index in [1.807, 2.05) is 29.3 Å². The lowest BCUT2D eigenvalue weighted by molar-refractivity contribution is 0.322. The van der Waals surface area contributed by atoms with Crippen LogP contribution >= 0.6 is 0 Å². The molecule has 1 aliphatic rings. The molecule has 4 aromatic rings. The van der Waals surface area contributed by atoms with Crippen molar-refractivity contribution in [3.8, 4) is 11.4 Å². The zero-order valence-corrected chi connectivity index (χ0v) is 18.5. The first kappa shape index (κ1) is 20.7. The van der Waals surface area contributed by atoms with Gasteiger partial charge in [-0.05, 0) is 58.8 Å². The van der Waals surface area contributed by atoms with Gasteiger partial charge in [0, 0.05) is 30.1 Å². The standard InChI is InChI=1S/C23H27FN8/c1-16-21-23(28-17(2)27-16)32(22(29-21)19-10-20(24)13-25-12-19)15-18-11-26-31(14-18)9-5-8-30-6-3-4-7-30/h10-14H,3-9,15H2,1-2H3. The summed E-state index contributed by atoms with van der Waals surface area (Å²) in [6, 6.07) is 1.45. The summed E-state index contributed by atoms with van der Waals surface area (Å²) in [7, 11) is 0. The van der Waals surface area contributed by atoms with E-state index < -0.39 is 5.82 Å². The summed E-state index contributed by atoms with van der Waals surface area (Å²) in [5.41, 5.74) is 3.90. The van der Waals surface area contributed by atoms with Crippen LogP contribution in [0.2, 0.25) is 0 Å². The van der Waals surface area contributed by atoms with Gasteiger partial charge in [0.05, 0.1) is 24.6 Å². The van der Waals surface area contributed by atoms with Crippen LogP contribution in [0.25, 0.3) is 22.6 Å². The van der Waals surface area contributed by atoms with E-state index in [4.69, 9.17) is 4.98 Å². The molecule has 0 aromatic carbocycles. The molecule has 0 unspecified atom stereocenters. The van der Waals surface area contributed by atoms with Gasteiger partial charge >= 0.3 is 0 Å². The molecule has 1 fully saturated rings. The van der Waals surface area contributed by atoms with Crippen molar-refractivity contribution in [2.24, 2.45) is 0 Å². The molecule has 0 aliphatic carbocycles. The van der Waals surface area contributed by atoms with Crippen molar-refractivity contribution < 1.29 is 4.39 Å². The Labute approximate surface area is 186 Å². The lowest BCUT2D eigenvalue weighted by atomic mass is 10.2. The SMILES string of the molecule is Cc1nc(C)c2nc(-c3cncc(F)c3)n(Cc3cnn(CCCN4CCCC4)c3)c2n1. The quantitative estimate of drug-likeness (QED) is 0.444. The summed E-state index contributed by atoms with van der Waals surface area (Å²) in [6.07, 6.45) is 10.5.